The van der Waals surface area contributed by atoms with E-state index in [2.05, 4.69) is 25.4 Å². The van der Waals surface area contributed by atoms with Gasteiger partial charge in [0.2, 0.25) is 5.95 Å². The molecular formula is C22H21ClF5N7O. The smallest absolute Gasteiger partial charge is 0.352 e. The van der Waals surface area contributed by atoms with Crippen molar-refractivity contribution in [3.05, 3.63) is 53.2 Å². The maximum atomic E-state index is 14.6. The van der Waals surface area contributed by atoms with Crippen molar-refractivity contribution in [2.45, 2.75) is 31.5 Å². The molecule has 1 unspecified atom stereocenters. The number of hydrogen-bond donors (Lipinski definition) is 1. The van der Waals surface area contributed by atoms with E-state index < -0.39 is 48.5 Å². The number of carbonyl (C=O) groups is 1. The van der Waals surface area contributed by atoms with Gasteiger partial charge in [0.1, 0.15) is 0 Å². The fourth-order valence-electron chi connectivity index (χ4n) is 4.16. The van der Waals surface area contributed by atoms with Crippen LogP contribution in [0.3, 0.4) is 0 Å². The third kappa shape index (κ3) is 5.55. The van der Waals surface area contributed by atoms with Gasteiger partial charge in [-0.3, -0.25) is 14.5 Å². The quantitative estimate of drug-likeness (QED) is 0.488. The van der Waals surface area contributed by atoms with E-state index in [4.69, 9.17) is 11.6 Å². The number of halogens is 6. The number of likely N-dealkylation sites (tertiary alicyclic amines) is 1. The summed E-state index contributed by atoms with van der Waals surface area (Å²) in [5, 5.41) is 7.33. The fourth-order valence-corrected chi connectivity index (χ4v) is 4.32. The number of carbonyl (C=O) groups excluding carboxylic acids is 1. The molecule has 4 rings (SSSR count). The van der Waals surface area contributed by atoms with Gasteiger partial charge >= 0.3 is 6.18 Å². The van der Waals surface area contributed by atoms with Crippen LogP contribution in [0.15, 0.2) is 36.9 Å². The highest BCUT2D eigenvalue weighted by molar-refractivity contribution is 6.30. The topological polar surface area (TPSA) is 88.8 Å². The zero-order chi connectivity index (χ0) is 26.3. The lowest BCUT2D eigenvalue weighted by Crippen LogP contribution is -2.57. The highest BCUT2D eigenvalue weighted by Crippen LogP contribution is 2.36. The lowest BCUT2D eigenvalue weighted by atomic mass is 9.88. The second kappa shape index (κ2) is 9.60. The van der Waals surface area contributed by atoms with E-state index in [-0.39, 0.29) is 18.2 Å². The summed E-state index contributed by atoms with van der Waals surface area (Å²) in [6, 6.07) is 2.34. The molecular weight excluding hydrogens is 509 g/mol. The summed E-state index contributed by atoms with van der Waals surface area (Å²) in [7, 11) is 1.58. The van der Waals surface area contributed by atoms with Gasteiger partial charge in [-0.15, -0.1) is 0 Å². The number of rotatable bonds is 5. The van der Waals surface area contributed by atoms with Crippen molar-refractivity contribution < 1.29 is 26.7 Å². The molecule has 0 radical (unpaired) electrons. The van der Waals surface area contributed by atoms with Crippen LogP contribution in [0.2, 0.25) is 5.02 Å². The van der Waals surface area contributed by atoms with Crippen LogP contribution in [-0.2, 0) is 13.2 Å². The average Bonchev–Trinajstić information content (AvgIpc) is 3.18. The maximum absolute atomic E-state index is 14.6. The zero-order valence-electron chi connectivity index (χ0n) is 19.1. The van der Waals surface area contributed by atoms with Gasteiger partial charge in [0.05, 0.1) is 29.4 Å². The zero-order valence-corrected chi connectivity index (χ0v) is 19.9. The molecule has 1 N–H and O–H groups in total. The van der Waals surface area contributed by atoms with Crippen molar-refractivity contribution in [1.82, 2.24) is 29.6 Å². The van der Waals surface area contributed by atoms with Gasteiger partial charge in [0.15, 0.2) is 5.69 Å². The average molecular weight is 530 g/mol. The van der Waals surface area contributed by atoms with E-state index in [0.29, 0.717) is 28.7 Å². The van der Waals surface area contributed by atoms with Crippen molar-refractivity contribution in [3.63, 3.8) is 0 Å². The summed E-state index contributed by atoms with van der Waals surface area (Å²) in [4.78, 5) is 26.1. The Balaban J connectivity index is 1.61. The number of anilines is 1. The molecule has 0 saturated carbocycles. The van der Waals surface area contributed by atoms with Gasteiger partial charge < -0.3 is 10.2 Å². The Bertz CT molecular complexity index is 1250. The van der Waals surface area contributed by atoms with Gasteiger partial charge in [0.25, 0.3) is 11.8 Å². The Hall–Kier alpha value is -3.35. The number of aryl methyl sites for hydroxylation is 1. The minimum atomic E-state index is -4.59. The van der Waals surface area contributed by atoms with Crippen molar-refractivity contribution >= 4 is 23.5 Å². The molecule has 2 atom stereocenters. The van der Waals surface area contributed by atoms with Crippen LogP contribution < -0.4 is 5.32 Å². The van der Waals surface area contributed by atoms with Crippen LogP contribution in [-0.4, -0.2) is 60.6 Å². The van der Waals surface area contributed by atoms with Gasteiger partial charge in [-0.25, -0.2) is 18.7 Å². The maximum Gasteiger partial charge on any atom is 0.419 e. The molecule has 3 aromatic rings. The second-order valence-electron chi connectivity index (χ2n) is 8.64. The summed E-state index contributed by atoms with van der Waals surface area (Å²) in [5.74, 6) is -4.66. The Labute approximate surface area is 207 Å². The number of piperidine rings is 1. The molecule has 3 aromatic heterocycles. The van der Waals surface area contributed by atoms with E-state index >= 15 is 0 Å². The summed E-state index contributed by atoms with van der Waals surface area (Å²) < 4.78 is 68.8. The minimum absolute atomic E-state index is 0.0636. The predicted octanol–water partition coefficient (Wildman–Crippen LogP) is 4.54. The Morgan fingerprint density at radius 1 is 1.25 bits per heavy atom. The largest absolute Gasteiger partial charge is 0.419 e. The van der Waals surface area contributed by atoms with E-state index in [1.54, 1.807) is 26.2 Å². The van der Waals surface area contributed by atoms with Crippen molar-refractivity contribution in [1.29, 1.82) is 0 Å². The molecule has 1 amide bonds. The summed E-state index contributed by atoms with van der Waals surface area (Å²) in [5.41, 5.74) is -0.422. The highest BCUT2D eigenvalue weighted by Gasteiger charge is 2.47. The molecule has 36 heavy (non-hydrogen) atoms. The molecule has 1 saturated heterocycles. The van der Waals surface area contributed by atoms with Gasteiger partial charge in [0, 0.05) is 49.8 Å². The number of amides is 1. The van der Waals surface area contributed by atoms with Crippen LogP contribution in [0.25, 0.3) is 11.3 Å². The van der Waals surface area contributed by atoms with Crippen LogP contribution >= 0.6 is 11.6 Å². The molecule has 8 nitrogen and oxygen atoms in total. The fraction of sp³-hybridized carbons (Fsp3) is 0.409. The standard InChI is InChI=1S/C22H21ClF5N7O/c1-12-6-21(24,25)11-35(17(12)9-32-20-30-7-13(8-31-20)22(26,27)28)19(36)18-15(10-34(2)33-18)16-5-14(23)3-4-29-16/h3-5,7-8,10,12,17H,6,9,11H2,1-2H3,(H,30,31,32)/t12-,17?/m1/s1. The summed E-state index contributed by atoms with van der Waals surface area (Å²) in [6.07, 6.45) is -0.831. The number of hydrogen-bond acceptors (Lipinski definition) is 6. The summed E-state index contributed by atoms with van der Waals surface area (Å²) >= 11 is 6.05. The molecule has 192 valence electrons. The van der Waals surface area contributed by atoms with Gasteiger partial charge in [-0.05, 0) is 18.1 Å². The molecule has 0 aliphatic carbocycles. The third-order valence-electron chi connectivity index (χ3n) is 5.82. The van der Waals surface area contributed by atoms with E-state index in [1.165, 1.54) is 16.9 Å². The molecule has 1 aliphatic heterocycles. The van der Waals surface area contributed by atoms with Crippen molar-refractivity contribution in [3.8, 4) is 11.3 Å². The molecule has 0 bridgehead atoms. The first kappa shape index (κ1) is 25.7. The first-order valence-electron chi connectivity index (χ1n) is 10.8. The molecule has 14 heteroatoms. The number of aromatic nitrogens is 5. The Morgan fingerprint density at radius 3 is 2.58 bits per heavy atom. The predicted molar refractivity (Wildman–Crippen MR) is 121 cm³/mol. The number of nitrogens with one attached hydrogen (secondary N) is 1. The Kier molecular flexibility index (Phi) is 6.86. The van der Waals surface area contributed by atoms with Crippen molar-refractivity contribution in [2.24, 2.45) is 13.0 Å². The Morgan fingerprint density at radius 2 is 1.94 bits per heavy atom. The first-order chi connectivity index (χ1) is 16.8. The van der Waals surface area contributed by atoms with E-state index in [1.807, 2.05) is 0 Å². The van der Waals surface area contributed by atoms with Crippen LogP contribution in [0.1, 0.15) is 29.4 Å². The van der Waals surface area contributed by atoms with Gasteiger partial charge in [-0.1, -0.05) is 18.5 Å². The lowest BCUT2D eigenvalue weighted by Gasteiger charge is -2.43. The number of pyridine rings is 1. The molecule has 0 aromatic carbocycles. The third-order valence-corrected chi connectivity index (χ3v) is 6.05. The lowest BCUT2D eigenvalue weighted by molar-refractivity contribution is -0.138. The molecule has 0 spiro atoms. The van der Waals surface area contributed by atoms with Crippen LogP contribution in [0, 0.1) is 5.92 Å². The van der Waals surface area contributed by atoms with E-state index in [0.717, 1.165) is 4.90 Å². The number of nitrogens with zero attached hydrogens (tertiary/aromatic N) is 6. The van der Waals surface area contributed by atoms with Crippen LogP contribution in [0.4, 0.5) is 27.9 Å². The monoisotopic (exact) mass is 529 g/mol. The number of alkyl halides is 5. The molecule has 1 aliphatic rings. The highest BCUT2D eigenvalue weighted by atomic mass is 35.5. The van der Waals surface area contributed by atoms with Crippen molar-refractivity contribution in [2.75, 3.05) is 18.4 Å². The minimum Gasteiger partial charge on any atom is -0.352 e. The van der Waals surface area contributed by atoms with Crippen LogP contribution in [0.5, 0.6) is 0 Å². The normalized spacial score (nSPS) is 19.8. The molecule has 4 heterocycles. The van der Waals surface area contributed by atoms with Gasteiger partial charge in [-0.2, -0.15) is 18.3 Å². The summed E-state index contributed by atoms with van der Waals surface area (Å²) in [6.45, 7) is 0.659. The van der Waals surface area contributed by atoms with E-state index in [9.17, 15) is 26.7 Å². The first-order valence-corrected chi connectivity index (χ1v) is 11.2. The SMILES string of the molecule is C[C@@H]1CC(F)(F)CN(C(=O)c2nn(C)cc2-c2cc(Cl)ccn2)C1CNc1ncc(C(F)(F)F)cn1. The second-order valence-corrected chi connectivity index (χ2v) is 9.07. The molecule has 1 fully saturated rings.